The molecule has 0 aliphatic carbocycles. The van der Waals surface area contributed by atoms with Gasteiger partial charge in [-0.25, -0.2) is 0 Å². The van der Waals surface area contributed by atoms with E-state index in [1.807, 2.05) is 0 Å². The summed E-state index contributed by atoms with van der Waals surface area (Å²) < 4.78 is 0. The van der Waals surface area contributed by atoms with Gasteiger partial charge in [0.15, 0.2) is 0 Å². The maximum absolute atomic E-state index is 12.1. The standard InChI is InChI=1S/C14H17N3O3/c1-9(18)16-11-3-2-4-12(7-11)17-14(20)10-5-6-13(19)15-8-10/h2-4,7,10H,5-6,8H2,1H3,(H,15,19)(H,16,18)(H,17,20). The maximum Gasteiger partial charge on any atom is 0.229 e. The normalized spacial score (nSPS) is 18.1. The molecule has 1 saturated heterocycles. The molecule has 1 aromatic rings. The lowest BCUT2D eigenvalue weighted by Gasteiger charge is -2.21. The highest BCUT2D eigenvalue weighted by Gasteiger charge is 2.24. The van der Waals surface area contributed by atoms with Crippen LogP contribution in [0.5, 0.6) is 0 Å². The summed E-state index contributed by atoms with van der Waals surface area (Å²) in [4.78, 5) is 34.1. The van der Waals surface area contributed by atoms with Crippen molar-refractivity contribution in [3.05, 3.63) is 24.3 Å². The molecule has 1 atom stereocenters. The van der Waals surface area contributed by atoms with Crippen LogP contribution in [-0.4, -0.2) is 24.3 Å². The van der Waals surface area contributed by atoms with E-state index >= 15 is 0 Å². The van der Waals surface area contributed by atoms with Crippen molar-refractivity contribution in [2.24, 2.45) is 5.92 Å². The number of piperidine rings is 1. The summed E-state index contributed by atoms with van der Waals surface area (Å²) in [5, 5.41) is 8.13. The summed E-state index contributed by atoms with van der Waals surface area (Å²) in [5.74, 6) is -0.507. The maximum atomic E-state index is 12.1. The van der Waals surface area contributed by atoms with E-state index in [4.69, 9.17) is 0 Å². The van der Waals surface area contributed by atoms with Crippen molar-refractivity contribution in [2.45, 2.75) is 19.8 Å². The molecule has 1 heterocycles. The molecule has 0 aromatic heterocycles. The highest BCUT2D eigenvalue weighted by atomic mass is 16.2. The van der Waals surface area contributed by atoms with Crippen LogP contribution in [0.1, 0.15) is 19.8 Å². The predicted molar refractivity (Wildman–Crippen MR) is 75.1 cm³/mol. The number of carbonyl (C=O) groups is 3. The Kier molecular flexibility index (Phi) is 4.34. The first kappa shape index (κ1) is 14.0. The van der Waals surface area contributed by atoms with Gasteiger partial charge in [-0.2, -0.15) is 0 Å². The number of rotatable bonds is 3. The summed E-state index contributed by atoms with van der Waals surface area (Å²) in [6, 6.07) is 6.95. The van der Waals surface area contributed by atoms with E-state index in [0.717, 1.165) is 0 Å². The third kappa shape index (κ3) is 3.81. The molecule has 0 saturated carbocycles. The lowest BCUT2D eigenvalue weighted by atomic mass is 9.98. The minimum Gasteiger partial charge on any atom is -0.355 e. The van der Waals surface area contributed by atoms with E-state index in [0.29, 0.717) is 30.8 Å². The highest BCUT2D eigenvalue weighted by molar-refractivity contribution is 5.95. The van der Waals surface area contributed by atoms with Crippen LogP contribution >= 0.6 is 0 Å². The van der Waals surface area contributed by atoms with Gasteiger partial charge in [-0.15, -0.1) is 0 Å². The van der Waals surface area contributed by atoms with Crippen LogP contribution in [0.15, 0.2) is 24.3 Å². The van der Waals surface area contributed by atoms with Crippen LogP contribution in [0.4, 0.5) is 11.4 Å². The van der Waals surface area contributed by atoms with Gasteiger partial charge in [0.1, 0.15) is 0 Å². The molecule has 20 heavy (non-hydrogen) atoms. The molecule has 1 aliphatic heterocycles. The average Bonchev–Trinajstić information content (AvgIpc) is 2.39. The van der Waals surface area contributed by atoms with Gasteiger partial charge in [0.25, 0.3) is 0 Å². The number of nitrogens with one attached hydrogen (secondary N) is 3. The van der Waals surface area contributed by atoms with Crippen molar-refractivity contribution in [3.8, 4) is 0 Å². The Morgan fingerprint density at radius 3 is 2.55 bits per heavy atom. The van der Waals surface area contributed by atoms with Crippen LogP contribution in [0.3, 0.4) is 0 Å². The predicted octanol–water partition coefficient (Wildman–Crippen LogP) is 1.11. The summed E-state index contributed by atoms with van der Waals surface area (Å²) in [5.41, 5.74) is 1.25. The zero-order chi connectivity index (χ0) is 14.5. The van der Waals surface area contributed by atoms with Gasteiger partial charge in [-0.1, -0.05) is 6.07 Å². The summed E-state index contributed by atoms with van der Waals surface area (Å²) in [7, 11) is 0. The monoisotopic (exact) mass is 275 g/mol. The Morgan fingerprint density at radius 1 is 1.25 bits per heavy atom. The van der Waals surface area contributed by atoms with Gasteiger partial charge in [0.2, 0.25) is 17.7 Å². The second-order valence-electron chi connectivity index (χ2n) is 4.79. The molecule has 0 bridgehead atoms. The van der Waals surface area contributed by atoms with Gasteiger partial charge >= 0.3 is 0 Å². The molecule has 1 fully saturated rings. The number of hydrogen-bond acceptors (Lipinski definition) is 3. The first-order chi connectivity index (χ1) is 9.54. The van der Waals surface area contributed by atoms with Crippen LogP contribution in [-0.2, 0) is 14.4 Å². The zero-order valence-electron chi connectivity index (χ0n) is 11.2. The fourth-order valence-corrected chi connectivity index (χ4v) is 2.08. The smallest absolute Gasteiger partial charge is 0.229 e. The van der Waals surface area contributed by atoms with E-state index in [9.17, 15) is 14.4 Å². The third-order valence-electron chi connectivity index (χ3n) is 3.09. The molecule has 3 N–H and O–H groups in total. The second-order valence-corrected chi connectivity index (χ2v) is 4.79. The second kappa shape index (κ2) is 6.18. The lowest BCUT2D eigenvalue weighted by molar-refractivity contribution is -0.126. The molecule has 1 aromatic carbocycles. The van der Waals surface area contributed by atoms with Crippen molar-refractivity contribution in [2.75, 3.05) is 17.2 Å². The number of anilines is 2. The van der Waals surface area contributed by atoms with Gasteiger partial charge in [-0.05, 0) is 24.6 Å². The van der Waals surface area contributed by atoms with Crippen LogP contribution < -0.4 is 16.0 Å². The Balaban J connectivity index is 1.97. The number of benzene rings is 1. The van der Waals surface area contributed by atoms with Crippen molar-refractivity contribution >= 4 is 29.1 Å². The number of carbonyl (C=O) groups excluding carboxylic acids is 3. The first-order valence-corrected chi connectivity index (χ1v) is 6.50. The lowest BCUT2D eigenvalue weighted by Crippen LogP contribution is -2.40. The average molecular weight is 275 g/mol. The summed E-state index contributed by atoms with van der Waals surface area (Å²) >= 11 is 0. The van der Waals surface area contributed by atoms with E-state index in [2.05, 4.69) is 16.0 Å². The van der Waals surface area contributed by atoms with Gasteiger partial charge in [0.05, 0.1) is 5.92 Å². The Bertz CT molecular complexity index is 532. The molecular formula is C14H17N3O3. The molecule has 1 unspecified atom stereocenters. The first-order valence-electron chi connectivity index (χ1n) is 6.50. The molecule has 106 valence electrons. The zero-order valence-corrected chi connectivity index (χ0v) is 11.2. The quantitative estimate of drug-likeness (QED) is 0.772. The minimum atomic E-state index is -0.211. The van der Waals surface area contributed by atoms with Crippen LogP contribution in [0.2, 0.25) is 0 Å². The van der Waals surface area contributed by atoms with E-state index in [1.165, 1.54) is 6.92 Å². The van der Waals surface area contributed by atoms with Crippen LogP contribution in [0, 0.1) is 5.92 Å². The molecule has 3 amide bonds. The van der Waals surface area contributed by atoms with Crippen LogP contribution in [0.25, 0.3) is 0 Å². The fraction of sp³-hybridized carbons (Fsp3) is 0.357. The third-order valence-corrected chi connectivity index (χ3v) is 3.09. The number of amides is 3. The topological polar surface area (TPSA) is 87.3 Å². The van der Waals surface area contributed by atoms with Crippen molar-refractivity contribution in [1.29, 1.82) is 0 Å². The van der Waals surface area contributed by atoms with E-state index < -0.39 is 0 Å². The van der Waals surface area contributed by atoms with Crippen molar-refractivity contribution in [1.82, 2.24) is 5.32 Å². The Hall–Kier alpha value is -2.37. The SMILES string of the molecule is CC(=O)Nc1cccc(NC(=O)C2CCC(=O)NC2)c1. The molecular weight excluding hydrogens is 258 g/mol. The molecule has 2 rings (SSSR count). The fourth-order valence-electron chi connectivity index (χ4n) is 2.08. The van der Waals surface area contributed by atoms with Gasteiger partial charge in [0, 0.05) is 31.3 Å². The molecule has 0 radical (unpaired) electrons. The number of hydrogen-bond donors (Lipinski definition) is 3. The van der Waals surface area contributed by atoms with Gasteiger partial charge in [-0.3, -0.25) is 14.4 Å². The van der Waals surface area contributed by atoms with Crippen molar-refractivity contribution < 1.29 is 14.4 Å². The Labute approximate surface area is 116 Å². The van der Waals surface area contributed by atoms with E-state index in [1.54, 1.807) is 24.3 Å². The Morgan fingerprint density at radius 2 is 1.95 bits per heavy atom. The van der Waals surface area contributed by atoms with Gasteiger partial charge < -0.3 is 16.0 Å². The largest absolute Gasteiger partial charge is 0.355 e. The molecule has 6 heteroatoms. The molecule has 6 nitrogen and oxygen atoms in total. The highest BCUT2D eigenvalue weighted by Crippen LogP contribution is 2.18. The molecule has 1 aliphatic rings. The summed E-state index contributed by atoms with van der Waals surface area (Å²) in [6.07, 6.45) is 0.938. The minimum absolute atomic E-state index is 0.0123. The summed E-state index contributed by atoms with van der Waals surface area (Å²) in [6.45, 7) is 1.80. The van der Waals surface area contributed by atoms with Crippen molar-refractivity contribution in [3.63, 3.8) is 0 Å². The van der Waals surface area contributed by atoms with E-state index in [-0.39, 0.29) is 23.6 Å². The molecule has 0 spiro atoms.